The van der Waals surface area contributed by atoms with Gasteiger partial charge in [-0.2, -0.15) is 0 Å². The first-order chi connectivity index (χ1) is 7.40. The summed E-state index contributed by atoms with van der Waals surface area (Å²) in [7, 11) is 0. The number of nitrogens with zero attached hydrogens (tertiary/aromatic N) is 1. The number of hydrogen-bond donors (Lipinski definition) is 0. The van der Waals surface area contributed by atoms with Crippen LogP contribution in [0, 0.1) is 0 Å². The van der Waals surface area contributed by atoms with Gasteiger partial charge in [-0.15, -0.1) is 11.8 Å². The van der Waals surface area contributed by atoms with Crippen LogP contribution in [-0.4, -0.2) is 12.3 Å². The molecule has 15 heavy (non-hydrogen) atoms. The SMILES string of the molecule is O=CN1CSc2cccc3cccc1c23. The molecule has 74 valence electrons. The summed E-state index contributed by atoms with van der Waals surface area (Å²) in [6, 6.07) is 12.3. The van der Waals surface area contributed by atoms with E-state index < -0.39 is 0 Å². The van der Waals surface area contributed by atoms with Crippen LogP contribution >= 0.6 is 11.8 Å². The fourth-order valence-corrected chi connectivity index (χ4v) is 2.96. The van der Waals surface area contributed by atoms with E-state index in [0.717, 1.165) is 12.1 Å². The molecular weight excluding hydrogens is 206 g/mol. The summed E-state index contributed by atoms with van der Waals surface area (Å²) < 4.78 is 0. The van der Waals surface area contributed by atoms with Gasteiger partial charge in [0, 0.05) is 10.3 Å². The van der Waals surface area contributed by atoms with Crippen LogP contribution in [-0.2, 0) is 4.79 Å². The first-order valence-electron chi connectivity index (χ1n) is 4.76. The van der Waals surface area contributed by atoms with E-state index in [9.17, 15) is 4.79 Å². The molecule has 1 aliphatic rings. The fourth-order valence-electron chi connectivity index (χ4n) is 1.94. The van der Waals surface area contributed by atoms with Gasteiger partial charge < -0.3 is 4.90 Å². The molecule has 1 heterocycles. The lowest BCUT2D eigenvalue weighted by Crippen LogP contribution is -2.22. The van der Waals surface area contributed by atoms with E-state index >= 15 is 0 Å². The highest BCUT2D eigenvalue weighted by atomic mass is 32.2. The predicted octanol–water partition coefficient (Wildman–Crippen LogP) is 2.87. The summed E-state index contributed by atoms with van der Waals surface area (Å²) in [6.45, 7) is 0. The molecule has 0 aromatic heterocycles. The highest BCUT2D eigenvalue weighted by Gasteiger charge is 2.17. The van der Waals surface area contributed by atoms with E-state index in [4.69, 9.17) is 0 Å². The number of thioether (sulfide) groups is 1. The molecule has 0 bridgehead atoms. The average Bonchev–Trinajstić information content (AvgIpc) is 2.30. The maximum atomic E-state index is 10.9. The van der Waals surface area contributed by atoms with Gasteiger partial charge in [-0.25, -0.2) is 0 Å². The van der Waals surface area contributed by atoms with Crippen LogP contribution in [0.1, 0.15) is 0 Å². The molecule has 0 saturated heterocycles. The van der Waals surface area contributed by atoms with Crippen LogP contribution in [0.5, 0.6) is 0 Å². The van der Waals surface area contributed by atoms with Crippen molar-refractivity contribution in [3.63, 3.8) is 0 Å². The molecule has 0 saturated carbocycles. The topological polar surface area (TPSA) is 20.3 Å². The molecule has 0 spiro atoms. The molecule has 0 atom stereocenters. The van der Waals surface area contributed by atoms with Gasteiger partial charge in [0.25, 0.3) is 0 Å². The monoisotopic (exact) mass is 215 g/mol. The van der Waals surface area contributed by atoms with Crippen molar-refractivity contribution in [3.05, 3.63) is 36.4 Å². The Kier molecular flexibility index (Phi) is 1.92. The highest BCUT2D eigenvalue weighted by molar-refractivity contribution is 7.99. The lowest BCUT2D eigenvalue weighted by molar-refractivity contribution is -0.107. The number of carbonyl (C=O) groups is 1. The lowest BCUT2D eigenvalue weighted by atomic mass is 10.1. The van der Waals surface area contributed by atoms with Crippen LogP contribution < -0.4 is 4.90 Å². The van der Waals surface area contributed by atoms with E-state index in [0.29, 0.717) is 5.88 Å². The van der Waals surface area contributed by atoms with E-state index in [2.05, 4.69) is 24.3 Å². The Labute approximate surface area is 91.9 Å². The van der Waals surface area contributed by atoms with Crippen LogP contribution in [0.3, 0.4) is 0 Å². The molecular formula is C12H9NOS. The zero-order chi connectivity index (χ0) is 10.3. The maximum absolute atomic E-state index is 10.9. The largest absolute Gasteiger partial charge is 0.304 e. The zero-order valence-electron chi connectivity index (χ0n) is 8.01. The first-order valence-corrected chi connectivity index (χ1v) is 5.75. The van der Waals surface area contributed by atoms with Crippen LogP contribution in [0.2, 0.25) is 0 Å². The van der Waals surface area contributed by atoms with Gasteiger partial charge in [0.15, 0.2) is 0 Å². The molecule has 1 amide bonds. The second-order valence-electron chi connectivity index (χ2n) is 3.48. The Balaban J connectivity index is 2.41. The minimum absolute atomic E-state index is 0.708. The molecule has 2 aromatic rings. The summed E-state index contributed by atoms with van der Waals surface area (Å²) in [6.07, 6.45) is 0.901. The van der Waals surface area contributed by atoms with E-state index in [1.807, 2.05) is 12.1 Å². The van der Waals surface area contributed by atoms with Crippen molar-refractivity contribution in [2.45, 2.75) is 4.90 Å². The second kappa shape index (κ2) is 3.28. The van der Waals surface area contributed by atoms with Gasteiger partial charge in [0.2, 0.25) is 6.41 Å². The van der Waals surface area contributed by atoms with Crippen molar-refractivity contribution in [1.29, 1.82) is 0 Å². The van der Waals surface area contributed by atoms with E-state index in [-0.39, 0.29) is 0 Å². The smallest absolute Gasteiger partial charge is 0.214 e. The summed E-state index contributed by atoms with van der Waals surface area (Å²) in [5, 5.41) is 2.40. The molecule has 0 aliphatic carbocycles. The molecule has 1 aliphatic heterocycles. The van der Waals surface area contributed by atoms with Crippen molar-refractivity contribution in [3.8, 4) is 0 Å². The van der Waals surface area contributed by atoms with Crippen molar-refractivity contribution in [1.82, 2.24) is 0 Å². The van der Waals surface area contributed by atoms with Crippen LogP contribution in [0.4, 0.5) is 5.69 Å². The van der Waals surface area contributed by atoms with E-state index in [1.165, 1.54) is 15.7 Å². The Morgan fingerprint density at radius 1 is 1.20 bits per heavy atom. The standard InChI is InChI=1S/C12H9NOS/c14-7-13-8-15-11-6-2-4-9-3-1-5-10(13)12(9)11/h1-7H,8H2. The number of benzene rings is 2. The van der Waals surface area contributed by atoms with Crippen molar-refractivity contribution in [2.24, 2.45) is 0 Å². The summed E-state index contributed by atoms with van der Waals surface area (Å²) in [4.78, 5) is 13.9. The van der Waals surface area contributed by atoms with Gasteiger partial charge in [0.1, 0.15) is 0 Å². The van der Waals surface area contributed by atoms with Crippen LogP contribution in [0.15, 0.2) is 41.3 Å². The van der Waals surface area contributed by atoms with Gasteiger partial charge in [0.05, 0.1) is 11.6 Å². The van der Waals surface area contributed by atoms with Gasteiger partial charge in [-0.1, -0.05) is 24.3 Å². The average molecular weight is 215 g/mol. The number of hydrogen-bond acceptors (Lipinski definition) is 2. The number of carbonyl (C=O) groups excluding carboxylic acids is 1. The van der Waals surface area contributed by atoms with Gasteiger partial charge in [-0.05, 0) is 17.5 Å². The summed E-state index contributed by atoms with van der Waals surface area (Å²) in [5.74, 6) is 0.708. The van der Waals surface area contributed by atoms with Crippen molar-refractivity contribution < 1.29 is 4.79 Å². The quantitative estimate of drug-likeness (QED) is 0.682. The molecule has 0 unspecified atom stereocenters. The lowest BCUT2D eigenvalue weighted by Gasteiger charge is -2.25. The van der Waals surface area contributed by atoms with Crippen molar-refractivity contribution >= 4 is 34.6 Å². The molecule has 3 rings (SSSR count). The predicted molar refractivity (Wildman–Crippen MR) is 63.2 cm³/mol. The molecule has 0 N–H and O–H groups in total. The fraction of sp³-hybridized carbons (Fsp3) is 0.0833. The third-order valence-corrected chi connectivity index (χ3v) is 3.70. The highest BCUT2D eigenvalue weighted by Crippen LogP contribution is 2.39. The Morgan fingerprint density at radius 3 is 2.80 bits per heavy atom. The van der Waals surface area contributed by atoms with Crippen LogP contribution in [0.25, 0.3) is 10.8 Å². The maximum Gasteiger partial charge on any atom is 0.214 e. The molecule has 3 heteroatoms. The van der Waals surface area contributed by atoms with Gasteiger partial charge >= 0.3 is 0 Å². The Morgan fingerprint density at radius 2 is 2.00 bits per heavy atom. The van der Waals surface area contributed by atoms with Crippen molar-refractivity contribution in [2.75, 3.05) is 10.8 Å². The third kappa shape index (κ3) is 1.23. The Bertz CT molecular complexity index is 533. The summed E-state index contributed by atoms with van der Waals surface area (Å²) >= 11 is 1.71. The third-order valence-electron chi connectivity index (χ3n) is 2.64. The number of anilines is 1. The van der Waals surface area contributed by atoms with E-state index in [1.54, 1.807) is 16.7 Å². The first kappa shape index (κ1) is 8.80. The minimum atomic E-state index is 0.708. The van der Waals surface area contributed by atoms with Gasteiger partial charge in [-0.3, -0.25) is 4.79 Å². The molecule has 2 aromatic carbocycles. The number of amides is 1. The molecule has 2 nitrogen and oxygen atoms in total. The molecule has 0 fully saturated rings. The summed E-state index contributed by atoms with van der Waals surface area (Å²) in [5.41, 5.74) is 1.02. The second-order valence-corrected chi connectivity index (χ2v) is 4.47. The number of rotatable bonds is 1. The Hall–Kier alpha value is -1.48. The minimum Gasteiger partial charge on any atom is -0.304 e. The zero-order valence-corrected chi connectivity index (χ0v) is 8.83. The normalized spacial score (nSPS) is 14.3. The molecule has 0 radical (unpaired) electrons.